The summed E-state index contributed by atoms with van der Waals surface area (Å²) < 4.78 is 26.9. The summed E-state index contributed by atoms with van der Waals surface area (Å²) in [5.41, 5.74) is -0.0732. The number of rotatable bonds is 2. The number of pyridine rings is 1. The van der Waals surface area contributed by atoms with Crippen molar-refractivity contribution in [1.82, 2.24) is 19.9 Å². The van der Waals surface area contributed by atoms with Crippen LogP contribution in [0.4, 0.5) is 14.7 Å². The summed E-state index contributed by atoms with van der Waals surface area (Å²) >= 11 is 0. The molecule has 0 spiro atoms. The van der Waals surface area contributed by atoms with Crippen LogP contribution in [0.5, 0.6) is 0 Å². The van der Waals surface area contributed by atoms with Crippen LogP contribution < -0.4 is 10.5 Å². The molecule has 2 atom stereocenters. The van der Waals surface area contributed by atoms with Crippen LogP contribution in [0.3, 0.4) is 0 Å². The second-order valence-corrected chi connectivity index (χ2v) is 7.24. The predicted octanol–water partition coefficient (Wildman–Crippen LogP) is 1.27. The fourth-order valence-corrected chi connectivity index (χ4v) is 3.86. The molecule has 1 N–H and O–H groups in total. The molecule has 0 radical (unpaired) electrons. The molecule has 9 heteroatoms. The van der Waals surface area contributed by atoms with Gasteiger partial charge < -0.3 is 9.80 Å². The number of anilines is 1. The summed E-state index contributed by atoms with van der Waals surface area (Å²) in [7, 11) is 0. The van der Waals surface area contributed by atoms with E-state index in [1.807, 2.05) is 4.90 Å². The van der Waals surface area contributed by atoms with Crippen LogP contribution in [0.1, 0.15) is 21.7 Å². The molecule has 1 amide bonds. The average Bonchev–Trinajstić information content (AvgIpc) is 3.20. The normalized spacial score (nSPS) is 21.6. The van der Waals surface area contributed by atoms with E-state index in [0.29, 0.717) is 37.7 Å². The minimum Gasteiger partial charge on any atom is -0.342 e. The monoisotopic (exact) mass is 375 g/mol. The number of likely N-dealkylation sites (tertiary alicyclic amines) is 1. The number of fused-ring (bicyclic) bond motifs is 1. The lowest BCUT2D eigenvalue weighted by molar-refractivity contribution is 0.0776. The van der Waals surface area contributed by atoms with Gasteiger partial charge in [0.15, 0.2) is 0 Å². The van der Waals surface area contributed by atoms with E-state index in [1.165, 1.54) is 13.0 Å². The van der Waals surface area contributed by atoms with Gasteiger partial charge in [0.25, 0.3) is 11.5 Å². The molecule has 0 saturated carbocycles. The number of carbonyl (C=O) groups is 1. The van der Waals surface area contributed by atoms with Gasteiger partial charge in [-0.3, -0.25) is 14.6 Å². The molecule has 2 aliphatic rings. The zero-order chi connectivity index (χ0) is 19.3. The molecule has 2 aliphatic heterocycles. The van der Waals surface area contributed by atoms with Gasteiger partial charge in [-0.1, -0.05) is 0 Å². The van der Waals surface area contributed by atoms with Gasteiger partial charge in [0.05, 0.1) is 11.9 Å². The van der Waals surface area contributed by atoms with E-state index in [1.54, 1.807) is 11.8 Å². The molecule has 27 heavy (non-hydrogen) atoms. The molecule has 2 saturated heterocycles. The summed E-state index contributed by atoms with van der Waals surface area (Å²) in [6.07, 6.45) is 1.07. The van der Waals surface area contributed by atoms with Crippen molar-refractivity contribution in [3.05, 3.63) is 51.2 Å². The molecule has 2 fully saturated rings. The zero-order valence-electron chi connectivity index (χ0n) is 15.0. The number of H-pyrrole nitrogens is 1. The Labute approximate surface area is 154 Å². The first-order chi connectivity index (χ1) is 12.8. The van der Waals surface area contributed by atoms with Crippen molar-refractivity contribution in [3.8, 4) is 0 Å². The number of hydrogen-bond donors (Lipinski definition) is 1. The second kappa shape index (κ2) is 6.40. The van der Waals surface area contributed by atoms with Gasteiger partial charge in [-0.05, 0) is 25.5 Å². The molecule has 2 aromatic rings. The van der Waals surface area contributed by atoms with Crippen LogP contribution in [0, 0.1) is 37.3 Å². The van der Waals surface area contributed by atoms with Crippen LogP contribution in [0.25, 0.3) is 0 Å². The molecule has 2 unspecified atom stereocenters. The number of amides is 1. The lowest BCUT2D eigenvalue weighted by Gasteiger charge is -2.22. The zero-order valence-corrected chi connectivity index (χ0v) is 15.0. The van der Waals surface area contributed by atoms with Crippen LogP contribution in [0.15, 0.2) is 17.1 Å². The molecule has 2 aromatic heterocycles. The van der Waals surface area contributed by atoms with Crippen LogP contribution >= 0.6 is 0 Å². The summed E-state index contributed by atoms with van der Waals surface area (Å²) in [6, 6.07) is 1.47. The van der Waals surface area contributed by atoms with Gasteiger partial charge in [0.2, 0.25) is 11.8 Å². The summed E-state index contributed by atoms with van der Waals surface area (Å²) in [5.74, 6) is -0.684. The molecule has 142 valence electrons. The highest BCUT2D eigenvalue weighted by atomic mass is 19.1. The van der Waals surface area contributed by atoms with Gasteiger partial charge in [-0.25, -0.2) is 14.4 Å². The van der Waals surface area contributed by atoms with Gasteiger partial charge >= 0.3 is 0 Å². The Kier molecular flexibility index (Phi) is 4.16. The minimum atomic E-state index is -0.864. The largest absolute Gasteiger partial charge is 0.342 e. The first-order valence-electron chi connectivity index (χ1n) is 8.76. The summed E-state index contributed by atoms with van der Waals surface area (Å²) in [5, 5.41) is 0. The minimum absolute atomic E-state index is 0.0698. The third-order valence-corrected chi connectivity index (χ3v) is 5.35. The first kappa shape index (κ1) is 17.6. The number of aromatic nitrogens is 3. The van der Waals surface area contributed by atoms with Crippen molar-refractivity contribution in [1.29, 1.82) is 0 Å². The molecule has 0 aliphatic carbocycles. The van der Waals surface area contributed by atoms with Crippen molar-refractivity contribution in [2.24, 2.45) is 11.8 Å². The van der Waals surface area contributed by atoms with Gasteiger partial charge in [-0.15, -0.1) is 0 Å². The first-order valence-corrected chi connectivity index (χ1v) is 8.76. The van der Waals surface area contributed by atoms with E-state index in [9.17, 15) is 18.4 Å². The van der Waals surface area contributed by atoms with Gasteiger partial charge in [0.1, 0.15) is 11.5 Å². The number of nitrogens with zero attached hydrogens (tertiary/aromatic N) is 4. The van der Waals surface area contributed by atoms with Crippen molar-refractivity contribution in [3.63, 3.8) is 0 Å². The Morgan fingerprint density at radius 2 is 1.85 bits per heavy atom. The second-order valence-electron chi connectivity index (χ2n) is 7.24. The maximum Gasteiger partial charge on any atom is 0.288 e. The number of aryl methyl sites for hydroxylation is 2. The highest BCUT2D eigenvalue weighted by Crippen LogP contribution is 2.33. The quantitative estimate of drug-likeness (QED) is 0.855. The number of aromatic amines is 1. The van der Waals surface area contributed by atoms with E-state index in [2.05, 4.69) is 15.0 Å². The van der Waals surface area contributed by atoms with Crippen molar-refractivity contribution < 1.29 is 13.6 Å². The maximum absolute atomic E-state index is 13.5. The molecule has 0 bridgehead atoms. The average molecular weight is 375 g/mol. The predicted molar refractivity (Wildman–Crippen MR) is 93.6 cm³/mol. The third kappa shape index (κ3) is 3.07. The van der Waals surface area contributed by atoms with E-state index >= 15 is 0 Å². The fraction of sp³-hybridized carbons (Fsp3) is 0.444. The van der Waals surface area contributed by atoms with E-state index in [0.717, 1.165) is 6.20 Å². The topological polar surface area (TPSA) is 82.2 Å². The van der Waals surface area contributed by atoms with Crippen molar-refractivity contribution in [2.75, 3.05) is 31.1 Å². The summed E-state index contributed by atoms with van der Waals surface area (Å²) in [4.78, 5) is 38.4. The Bertz CT molecular complexity index is 963. The molecule has 7 nitrogen and oxygen atoms in total. The number of halogens is 2. The smallest absolute Gasteiger partial charge is 0.288 e. The van der Waals surface area contributed by atoms with Gasteiger partial charge in [0, 0.05) is 38.0 Å². The van der Waals surface area contributed by atoms with Crippen LogP contribution in [0.2, 0.25) is 0 Å². The Balaban J connectivity index is 1.46. The van der Waals surface area contributed by atoms with Crippen molar-refractivity contribution in [2.45, 2.75) is 13.8 Å². The Morgan fingerprint density at radius 1 is 1.19 bits per heavy atom. The van der Waals surface area contributed by atoms with E-state index < -0.39 is 17.2 Å². The number of hydrogen-bond acceptors (Lipinski definition) is 5. The van der Waals surface area contributed by atoms with Crippen molar-refractivity contribution >= 4 is 11.9 Å². The Hall–Kier alpha value is -2.84. The highest BCUT2D eigenvalue weighted by molar-refractivity contribution is 5.92. The third-order valence-electron chi connectivity index (χ3n) is 5.35. The highest BCUT2D eigenvalue weighted by Gasteiger charge is 2.42. The standard InChI is InChI=1S/C18H19F2N5O2/c1-9-3-14(21-4-13(9)19)17(27)24-5-11-7-25(8-12(11)6-24)18-22-10(2)15(20)16(26)23-18/h3-4,11-12H,5-8H2,1-2H3,(H,22,23,26). The lowest BCUT2D eigenvalue weighted by atomic mass is 10.0. The Morgan fingerprint density at radius 3 is 2.44 bits per heavy atom. The number of nitrogens with one attached hydrogen (secondary N) is 1. The molecular formula is C18H19F2N5O2. The van der Waals surface area contributed by atoms with Crippen LogP contribution in [-0.4, -0.2) is 51.9 Å². The molecular weight excluding hydrogens is 356 g/mol. The molecule has 4 rings (SSSR count). The summed E-state index contributed by atoms with van der Waals surface area (Å²) in [6.45, 7) is 5.42. The maximum atomic E-state index is 13.5. The molecule has 0 aromatic carbocycles. The molecule has 4 heterocycles. The SMILES string of the molecule is Cc1cc(C(=O)N2CC3CN(c4nc(C)c(F)c(=O)[nH]4)CC3C2)ncc1F. The number of carbonyl (C=O) groups excluding carboxylic acids is 1. The lowest BCUT2D eigenvalue weighted by Crippen LogP contribution is -2.35. The van der Waals surface area contributed by atoms with E-state index in [-0.39, 0.29) is 29.1 Å². The van der Waals surface area contributed by atoms with Crippen LogP contribution in [-0.2, 0) is 0 Å². The fourth-order valence-electron chi connectivity index (χ4n) is 3.86. The van der Waals surface area contributed by atoms with E-state index in [4.69, 9.17) is 0 Å². The van der Waals surface area contributed by atoms with Gasteiger partial charge in [-0.2, -0.15) is 4.39 Å².